The maximum atomic E-state index is 12.0. The van der Waals surface area contributed by atoms with Crippen molar-refractivity contribution in [1.82, 2.24) is 18.7 Å². The third kappa shape index (κ3) is 4.02. The molecule has 2 aromatic heterocycles. The molecule has 140 valence electrons. The largest absolute Gasteiger partial charge is 0.478 e. The fourth-order valence-corrected chi connectivity index (χ4v) is 4.08. The van der Waals surface area contributed by atoms with Gasteiger partial charge >= 0.3 is 5.97 Å². The van der Waals surface area contributed by atoms with Crippen LogP contribution in [0.25, 0.3) is 5.69 Å². The highest BCUT2D eigenvalue weighted by atomic mass is 32.2. The highest BCUT2D eigenvalue weighted by Gasteiger charge is 2.26. The topological polar surface area (TPSA) is 115 Å². The van der Waals surface area contributed by atoms with E-state index < -0.39 is 16.0 Å². The summed E-state index contributed by atoms with van der Waals surface area (Å²) in [7, 11) is -3.20. The van der Waals surface area contributed by atoms with Crippen LogP contribution in [-0.4, -0.2) is 57.5 Å². The number of hydrogen-bond acceptors (Lipinski definition) is 5. The number of sulfonamides is 1. The van der Waals surface area contributed by atoms with E-state index in [0.29, 0.717) is 25.3 Å². The SMILES string of the molecule is CS(=O)(=O)N1CCC[C@@H](Cn2cc(-n3cc(C(=O)O)ccc3=O)cn2)C1. The second-order valence-corrected chi connectivity index (χ2v) is 8.46. The van der Waals surface area contributed by atoms with Gasteiger partial charge in [0.15, 0.2) is 0 Å². The summed E-state index contributed by atoms with van der Waals surface area (Å²) in [5, 5.41) is 13.3. The molecule has 0 unspecified atom stereocenters. The summed E-state index contributed by atoms with van der Waals surface area (Å²) >= 11 is 0. The molecule has 0 aliphatic carbocycles. The summed E-state index contributed by atoms with van der Waals surface area (Å²) in [6, 6.07) is 2.46. The van der Waals surface area contributed by atoms with Crippen LogP contribution in [0.5, 0.6) is 0 Å². The van der Waals surface area contributed by atoms with Crippen LogP contribution in [0.15, 0.2) is 35.5 Å². The van der Waals surface area contributed by atoms with Gasteiger partial charge in [-0.25, -0.2) is 17.5 Å². The van der Waals surface area contributed by atoms with E-state index in [9.17, 15) is 18.0 Å². The Morgan fingerprint density at radius 3 is 2.81 bits per heavy atom. The normalized spacial score (nSPS) is 18.7. The Bertz CT molecular complexity index is 979. The van der Waals surface area contributed by atoms with E-state index in [1.54, 1.807) is 10.9 Å². The molecule has 1 aliphatic heterocycles. The lowest BCUT2D eigenvalue weighted by Gasteiger charge is -2.30. The molecule has 0 spiro atoms. The Morgan fingerprint density at radius 2 is 2.12 bits per heavy atom. The fraction of sp³-hybridized carbons (Fsp3) is 0.438. The quantitative estimate of drug-likeness (QED) is 0.803. The van der Waals surface area contributed by atoms with Crippen molar-refractivity contribution in [2.24, 2.45) is 5.92 Å². The minimum absolute atomic E-state index is 0.00780. The molecule has 1 fully saturated rings. The van der Waals surface area contributed by atoms with E-state index in [-0.39, 0.29) is 17.0 Å². The van der Waals surface area contributed by atoms with Crippen molar-refractivity contribution >= 4 is 16.0 Å². The van der Waals surface area contributed by atoms with Crippen molar-refractivity contribution in [3.8, 4) is 5.69 Å². The molecule has 10 heteroatoms. The first-order chi connectivity index (χ1) is 12.2. The monoisotopic (exact) mass is 380 g/mol. The molecule has 1 aliphatic rings. The highest BCUT2D eigenvalue weighted by molar-refractivity contribution is 7.88. The minimum atomic E-state index is -3.20. The number of piperidine rings is 1. The van der Waals surface area contributed by atoms with Gasteiger partial charge in [-0.3, -0.25) is 14.0 Å². The second kappa shape index (κ2) is 7.04. The summed E-state index contributed by atoms with van der Waals surface area (Å²) in [5.41, 5.74) is 0.123. The van der Waals surface area contributed by atoms with Crippen LogP contribution in [0, 0.1) is 5.92 Å². The van der Waals surface area contributed by atoms with E-state index in [0.717, 1.165) is 12.8 Å². The number of carboxylic acid groups (broad SMARTS) is 1. The molecule has 0 aromatic carbocycles. The summed E-state index contributed by atoms with van der Waals surface area (Å²) in [6.07, 6.45) is 7.32. The Hall–Kier alpha value is -2.46. The van der Waals surface area contributed by atoms with E-state index in [4.69, 9.17) is 5.11 Å². The Kier molecular flexibility index (Phi) is 4.97. The minimum Gasteiger partial charge on any atom is -0.478 e. The number of carboxylic acids is 1. The van der Waals surface area contributed by atoms with Crippen molar-refractivity contribution in [1.29, 1.82) is 0 Å². The summed E-state index contributed by atoms with van der Waals surface area (Å²) in [5.74, 6) is -0.984. The van der Waals surface area contributed by atoms with Crippen LogP contribution < -0.4 is 5.56 Å². The molecule has 3 heterocycles. The van der Waals surface area contributed by atoms with E-state index in [1.165, 1.54) is 39.7 Å². The third-order valence-corrected chi connectivity index (χ3v) is 5.72. The van der Waals surface area contributed by atoms with Gasteiger partial charge < -0.3 is 5.11 Å². The first-order valence-corrected chi connectivity index (χ1v) is 10.0. The molecule has 1 atom stereocenters. The van der Waals surface area contributed by atoms with Gasteiger partial charge in [-0.15, -0.1) is 0 Å². The smallest absolute Gasteiger partial charge is 0.337 e. The van der Waals surface area contributed by atoms with Crippen LogP contribution in [0.1, 0.15) is 23.2 Å². The molecule has 1 N–H and O–H groups in total. The maximum Gasteiger partial charge on any atom is 0.337 e. The van der Waals surface area contributed by atoms with Crippen LogP contribution in [-0.2, 0) is 16.6 Å². The van der Waals surface area contributed by atoms with Crippen molar-refractivity contribution in [3.05, 3.63) is 46.6 Å². The molecule has 0 saturated carbocycles. The number of hydrogen-bond donors (Lipinski definition) is 1. The van der Waals surface area contributed by atoms with Crippen LogP contribution in [0.4, 0.5) is 0 Å². The lowest BCUT2D eigenvalue weighted by atomic mass is 10.00. The Morgan fingerprint density at radius 1 is 1.35 bits per heavy atom. The number of carbonyl (C=O) groups is 1. The molecule has 1 saturated heterocycles. The summed E-state index contributed by atoms with van der Waals surface area (Å²) in [6.45, 7) is 1.51. The maximum absolute atomic E-state index is 12.0. The van der Waals surface area contributed by atoms with Gasteiger partial charge in [0.25, 0.3) is 5.56 Å². The Balaban J connectivity index is 1.78. The molecular weight excluding hydrogens is 360 g/mol. The number of nitrogens with zero attached hydrogens (tertiary/aromatic N) is 4. The lowest BCUT2D eigenvalue weighted by molar-refractivity contribution is 0.0696. The first kappa shape index (κ1) is 18.3. The predicted octanol–water partition coefficient (Wildman–Crippen LogP) is 0.404. The second-order valence-electron chi connectivity index (χ2n) is 6.48. The van der Waals surface area contributed by atoms with Gasteiger partial charge in [0.2, 0.25) is 10.0 Å². The highest BCUT2D eigenvalue weighted by Crippen LogP contribution is 2.20. The zero-order chi connectivity index (χ0) is 18.9. The summed E-state index contributed by atoms with van der Waals surface area (Å²) < 4.78 is 27.8. The van der Waals surface area contributed by atoms with Gasteiger partial charge in [-0.1, -0.05) is 0 Å². The molecule has 0 radical (unpaired) electrons. The van der Waals surface area contributed by atoms with Gasteiger partial charge in [0.1, 0.15) is 0 Å². The molecule has 2 aromatic rings. The van der Waals surface area contributed by atoms with E-state index in [1.807, 2.05) is 0 Å². The third-order valence-electron chi connectivity index (χ3n) is 4.45. The predicted molar refractivity (Wildman–Crippen MR) is 93.9 cm³/mol. The van der Waals surface area contributed by atoms with Gasteiger partial charge in [0, 0.05) is 38.1 Å². The number of rotatable bonds is 5. The van der Waals surface area contributed by atoms with Gasteiger partial charge in [-0.2, -0.15) is 5.10 Å². The molecular formula is C16H20N4O5S. The van der Waals surface area contributed by atoms with Crippen molar-refractivity contribution < 1.29 is 18.3 Å². The van der Waals surface area contributed by atoms with Crippen molar-refractivity contribution in [2.75, 3.05) is 19.3 Å². The van der Waals surface area contributed by atoms with Crippen LogP contribution in [0.2, 0.25) is 0 Å². The number of aromatic nitrogens is 3. The van der Waals surface area contributed by atoms with E-state index in [2.05, 4.69) is 5.10 Å². The average Bonchev–Trinajstić information content (AvgIpc) is 3.02. The number of aromatic carboxylic acids is 1. The zero-order valence-corrected chi connectivity index (χ0v) is 15.1. The molecule has 0 bridgehead atoms. The molecule has 26 heavy (non-hydrogen) atoms. The Labute approximate surface area is 150 Å². The van der Waals surface area contributed by atoms with Crippen molar-refractivity contribution in [2.45, 2.75) is 19.4 Å². The van der Waals surface area contributed by atoms with Crippen LogP contribution >= 0.6 is 0 Å². The van der Waals surface area contributed by atoms with Gasteiger partial charge in [0.05, 0.1) is 23.7 Å². The summed E-state index contributed by atoms with van der Waals surface area (Å²) in [4.78, 5) is 23.1. The molecule has 3 rings (SSSR count). The van der Waals surface area contributed by atoms with Crippen molar-refractivity contribution in [3.63, 3.8) is 0 Å². The van der Waals surface area contributed by atoms with E-state index >= 15 is 0 Å². The van der Waals surface area contributed by atoms with Gasteiger partial charge in [-0.05, 0) is 24.8 Å². The fourth-order valence-electron chi connectivity index (χ4n) is 3.13. The average molecular weight is 380 g/mol. The zero-order valence-electron chi connectivity index (χ0n) is 14.3. The molecule has 0 amide bonds. The standard InChI is InChI=1S/C16H20N4O5S/c1-26(24,25)19-6-2-3-12(9-19)8-18-11-14(7-17-18)20-10-13(16(22)23)4-5-15(20)21/h4-5,7,10-12H,2-3,6,8-9H2,1H3,(H,22,23)/t12-/m0/s1. The number of pyridine rings is 1. The lowest BCUT2D eigenvalue weighted by Crippen LogP contribution is -2.40. The first-order valence-electron chi connectivity index (χ1n) is 8.18. The molecule has 9 nitrogen and oxygen atoms in total. The van der Waals surface area contributed by atoms with Crippen LogP contribution in [0.3, 0.4) is 0 Å².